The van der Waals surface area contributed by atoms with Gasteiger partial charge in [-0.2, -0.15) is 11.8 Å². The number of rotatable bonds is 8. The van der Waals surface area contributed by atoms with E-state index in [-0.39, 0.29) is 4.90 Å². The third kappa shape index (κ3) is 5.05. The number of sulfonamides is 1. The molecular formula is C13H21FN2O2S2. The summed E-state index contributed by atoms with van der Waals surface area (Å²) in [5.41, 5.74) is 0.341. The van der Waals surface area contributed by atoms with Crippen LogP contribution in [0.2, 0.25) is 0 Å². The highest BCUT2D eigenvalue weighted by molar-refractivity contribution is 7.99. The summed E-state index contributed by atoms with van der Waals surface area (Å²) in [6, 6.07) is 3.84. The number of hydrogen-bond acceptors (Lipinski definition) is 4. The van der Waals surface area contributed by atoms with Crippen molar-refractivity contribution in [3.05, 3.63) is 29.6 Å². The summed E-state index contributed by atoms with van der Waals surface area (Å²) in [7, 11) is -1.89. The molecule has 0 aliphatic heterocycles. The van der Waals surface area contributed by atoms with Crippen molar-refractivity contribution in [3.8, 4) is 0 Å². The highest BCUT2D eigenvalue weighted by Gasteiger charge is 2.16. The van der Waals surface area contributed by atoms with E-state index in [9.17, 15) is 12.8 Å². The summed E-state index contributed by atoms with van der Waals surface area (Å²) < 4.78 is 40.3. The van der Waals surface area contributed by atoms with Crippen LogP contribution in [0.25, 0.3) is 0 Å². The van der Waals surface area contributed by atoms with E-state index in [1.807, 2.05) is 13.2 Å². The largest absolute Gasteiger partial charge is 0.316 e. The first-order valence-corrected chi connectivity index (χ1v) is 9.13. The predicted molar refractivity (Wildman–Crippen MR) is 81.9 cm³/mol. The molecule has 0 aliphatic rings. The molecule has 0 radical (unpaired) electrons. The molecule has 1 aromatic rings. The molecule has 0 bridgehead atoms. The van der Waals surface area contributed by atoms with Crippen molar-refractivity contribution in [1.82, 2.24) is 10.0 Å². The fourth-order valence-electron chi connectivity index (χ4n) is 1.64. The number of halogens is 1. The minimum atomic E-state index is -3.58. The lowest BCUT2D eigenvalue weighted by atomic mass is 10.2. The molecule has 0 aromatic heterocycles. The molecule has 2 N–H and O–H groups in total. The van der Waals surface area contributed by atoms with Gasteiger partial charge in [0.05, 0.1) is 4.90 Å². The molecule has 0 spiro atoms. The van der Waals surface area contributed by atoms with E-state index in [1.165, 1.54) is 18.2 Å². The van der Waals surface area contributed by atoms with Gasteiger partial charge < -0.3 is 5.32 Å². The average Bonchev–Trinajstić information content (AvgIpc) is 2.40. The van der Waals surface area contributed by atoms with Crippen LogP contribution < -0.4 is 10.0 Å². The molecule has 20 heavy (non-hydrogen) atoms. The van der Waals surface area contributed by atoms with E-state index in [4.69, 9.17) is 0 Å². The first kappa shape index (κ1) is 17.4. The van der Waals surface area contributed by atoms with Crippen LogP contribution in [0, 0.1) is 5.82 Å². The van der Waals surface area contributed by atoms with Gasteiger partial charge in [0.25, 0.3) is 0 Å². The zero-order valence-electron chi connectivity index (χ0n) is 11.9. The summed E-state index contributed by atoms with van der Waals surface area (Å²) in [5.74, 6) is -0.408. The van der Waals surface area contributed by atoms with Crippen LogP contribution in [-0.2, 0) is 16.6 Å². The van der Waals surface area contributed by atoms with Crippen LogP contribution >= 0.6 is 11.8 Å². The van der Waals surface area contributed by atoms with Crippen molar-refractivity contribution in [2.45, 2.75) is 30.0 Å². The maximum absolute atomic E-state index is 13.5. The van der Waals surface area contributed by atoms with Gasteiger partial charge in [0, 0.05) is 23.9 Å². The zero-order valence-corrected chi connectivity index (χ0v) is 13.6. The molecule has 7 heteroatoms. The predicted octanol–water partition coefficient (Wildman–Crippen LogP) is 1.96. The fourth-order valence-corrected chi connectivity index (χ4v) is 3.09. The Morgan fingerprint density at radius 1 is 1.40 bits per heavy atom. The topological polar surface area (TPSA) is 58.2 Å². The lowest BCUT2D eigenvalue weighted by molar-refractivity contribution is 0.575. The van der Waals surface area contributed by atoms with E-state index >= 15 is 0 Å². The van der Waals surface area contributed by atoms with Gasteiger partial charge in [-0.1, -0.05) is 6.92 Å². The van der Waals surface area contributed by atoms with Crippen molar-refractivity contribution < 1.29 is 12.8 Å². The van der Waals surface area contributed by atoms with Gasteiger partial charge in [-0.05, 0) is 37.9 Å². The third-order valence-electron chi connectivity index (χ3n) is 2.94. The van der Waals surface area contributed by atoms with E-state index in [0.29, 0.717) is 23.9 Å². The molecule has 1 aromatic carbocycles. The quantitative estimate of drug-likeness (QED) is 0.769. The SMILES string of the molecule is CNCc1cc(S(=O)(=O)NCCC(C)SC)ccc1F. The summed E-state index contributed by atoms with van der Waals surface area (Å²) in [6.07, 6.45) is 2.74. The summed E-state index contributed by atoms with van der Waals surface area (Å²) in [6.45, 7) is 2.71. The molecule has 4 nitrogen and oxygen atoms in total. The fraction of sp³-hybridized carbons (Fsp3) is 0.538. The van der Waals surface area contributed by atoms with Crippen molar-refractivity contribution in [2.75, 3.05) is 19.8 Å². The van der Waals surface area contributed by atoms with E-state index in [1.54, 1.807) is 18.8 Å². The number of benzene rings is 1. The molecule has 1 rings (SSSR count). The molecule has 1 atom stereocenters. The molecule has 114 valence electrons. The van der Waals surface area contributed by atoms with Gasteiger partial charge in [-0.25, -0.2) is 17.5 Å². The second-order valence-corrected chi connectivity index (χ2v) is 7.56. The van der Waals surface area contributed by atoms with Gasteiger partial charge in [0.15, 0.2) is 0 Å². The molecule has 1 unspecified atom stereocenters. The van der Waals surface area contributed by atoms with Gasteiger partial charge in [0.2, 0.25) is 10.0 Å². The van der Waals surface area contributed by atoms with E-state index in [2.05, 4.69) is 10.0 Å². The summed E-state index contributed by atoms with van der Waals surface area (Å²) in [4.78, 5) is 0.0981. The Hall–Kier alpha value is -0.630. The van der Waals surface area contributed by atoms with Crippen LogP contribution in [0.5, 0.6) is 0 Å². The van der Waals surface area contributed by atoms with Gasteiger partial charge in [0.1, 0.15) is 5.82 Å². The molecule has 0 saturated heterocycles. The van der Waals surface area contributed by atoms with E-state index in [0.717, 1.165) is 6.42 Å². The highest BCUT2D eigenvalue weighted by atomic mass is 32.2. The Balaban J connectivity index is 2.79. The third-order valence-corrected chi connectivity index (χ3v) is 5.44. The molecule has 0 heterocycles. The van der Waals surface area contributed by atoms with Crippen LogP contribution in [-0.4, -0.2) is 33.5 Å². The van der Waals surface area contributed by atoms with Crippen LogP contribution in [0.1, 0.15) is 18.9 Å². The first-order chi connectivity index (χ1) is 9.40. The van der Waals surface area contributed by atoms with Gasteiger partial charge >= 0.3 is 0 Å². The Kier molecular flexibility index (Phi) is 6.94. The molecule has 0 saturated carbocycles. The number of thioether (sulfide) groups is 1. The second kappa shape index (κ2) is 7.97. The van der Waals surface area contributed by atoms with Crippen molar-refractivity contribution >= 4 is 21.8 Å². The first-order valence-electron chi connectivity index (χ1n) is 6.36. The molecule has 0 aliphatic carbocycles. The van der Waals surface area contributed by atoms with Crippen LogP contribution in [0.15, 0.2) is 23.1 Å². The van der Waals surface area contributed by atoms with Crippen molar-refractivity contribution in [2.24, 2.45) is 0 Å². The van der Waals surface area contributed by atoms with Crippen molar-refractivity contribution in [3.63, 3.8) is 0 Å². The van der Waals surface area contributed by atoms with Crippen LogP contribution in [0.3, 0.4) is 0 Å². The highest BCUT2D eigenvalue weighted by Crippen LogP contribution is 2.15. The zero-order chi connectivity index (χ0) is 15.2. The maximum atomic E-state index is 13.5. The second-order valence-electron chi connectivity index (χ2n) is 4.52. The van der Waals surface area contributed by atoms with Crippen molar-refractivity contribution in [1.29, 1.82) is 0 Å². The maximum Gasteiger partial charge on any atom is 0.240 e. The minimum Gasteiger partial charge on any atom is -0.316 e. The molecule has 0 amide bonds. The minimum absolute atomic E-state index is 0.0981. The normalized spacial score (nSPS) is 13.4. The van der Waals surface area contributed by atoms with Gasteiger partial charge in [-0.3, -0.25) is 0 Å². The average molecular weight is 320 g/mol. The number of hydrogen-bond donors (Lipinski definition) is 2. The molecule has 0 fully saturated rings. The standard InChI is InChI=1S/C13H21FN2O2S2/c1-10(19-3)6-7-16-20(17,18)12-4-5-13(14)11(8-12)9-15-2/h4-5,8,10,15-16H,6-7,9H2,1-3H3. The lowest BCUT2D eigenvalue weighted by Gasteiger charge is -2.11. The lowest BCUT2D eigenvalue weighted by Crippen LogP contribution is -2.26. The molecular weight excluding hydrogens is 299 g/mol. The van der Waals surface area contributed by atoms with E-state index < -0.39 is 15.8 Å². The smallest absolute Gasteiger partial charge is 0.240 e. The Morgan fingerprint density at radius 2 is 2.10 bits per heavy atom. The Labute approximate surface area is 124 Å². The number of nitrogens with one attached hydrogen (secondary N) is 2. The van der Waals surface area contributed by atoms with Crippen LogP contribution in [0.4, 0.5) is 4.39 Å². The summed E-state index contributed by atoms with van der Waals surface area (Å²) >= 11 is 1.69. The summed E-state index contributed by atoms with van der Waals surface area (Å²) in [5, 5.41) is 3.21. The Morgan fingerprint density at radius 3 is 2.70 bits per heavy atom. The monoisotopic (exact) mass is 320 g/mol. The Bertz CT molecular complexity index is 535. The van der Waals surface area contributed by atoms with Gasteiger partial charge in [-0.15, -0.1) is 0 Å².